The number of amides is 1. The topological polar surface area (TPSA) is 41.6 Å². The van der Waals surface area contributed by atoms with Crippen molar-refractivity contribution in [1.29, 1.82) is 0 Å². The van der Waals surface area contributed by atoms with Crippen LogP contribution < -0.4 is 15.0 Å². The van der Waals surface area contributed by atoms with Gasteiger partial charge in [0.05, 0.1) is 12.7 Å². The average molecular weight is 338 g/mol. The van der Waals surface area contributed by atoms with E-state index in [1.54, 1.807) is 13.2 Å². The average Bonchev–Trinajstić information content (AvgIpc) is 2.62. The Hall–Kier alpha value is -2.49. The highest BCUT2D eigenvalue weighted by atomic mass is 16.5. The predicted octanol–water partition coefficient (Wildman–Crippen LogP) is 4.63. The summed E-state index contributed by atoms with van der Waals surface area (Å²) in [5.41, 5.74) is 3.51. The highest BCUT2D eigenvalue weighted by molar-refractivity contribution is 6.06. The number of carbonyl (C=O) groups excluding carboxylic acids is 1. The molecule has 1 aliphatic rings. The van der Waals surface area contributed by atoms with Gasteiger partial charge in [-0.15, -0.1) is 0 Å². The zero-order valence-electron chi connectivity index (χ0n) is 15.2. The number of carbonyl (C=O) groups is 1. The van der Waals surface area contributed by atoms with E-state index in [0.29, 0.717) is 17.4 Å². The molecule has 1 atom stereocenters. The van der Waals surface area contributed by atoms with Gasteiger partial charge in [0.2, 0.25) is 0 Å². The first-order chi connectivity index (χ1) is 12.1. The zero-order valence-corrected chi connectivity index (χ0v) is 15.2. The van der Waals surface area contributed by atoms with E-state index in [9.17, 15) is 4.79 Å². The van der Waals surface area contributed by atoms with Gasteiger partial charge in [0.25, 0.3) is 5.91 Å². The third-order valence-corrected chi connectivity index (χ3v) is 4.92. The summed E-state index contributed by atoms with van der Waals surface area (Å²) in [5.74, 6) is 0.471. The second-order valence-corrected chi connectivity index (χ2v) is 6.69. The van der Waals surface area contributed by atoms with E-state index in [1.807, 2.05) is 31.2 Å². The van der Waals surface area contributed by atoms with Crippen LogP contribution in [0.2, 0.25) is 0 Å². The number of anilines is 2. The third-order valence-electron chi connectivity index (χ3n) is 4.92. The number of hydrogen-bond acceptors (Lipinski definition) is 3. The standard InChI is InChI=1S/C21H26N2O2/c1-15-7-6-9-19(20(15)25-3)21(24)22-17-10-12-18(13-11-17)23-14-5-4-8-16(23)2/h6-7,9-13,16H,4-5,8,14H2,1-3H3,(H,22,24)/t16-/m0/s1. The van der Waals surface area contributed by atoms with Gasteiger partial charge in [-0.25, -0.2) is 0 Å². The van der Waals surface area contributed by atoms with Crippen molar-refractivity contribution in [3.8, 4) is 5.75 Å². The predicted molar refractivity (Wildman–Crippen MR) is 103 cm³/mol. The number of methoxy groups -OCH3 is 1. The Morgan fingerprint density at radius 2 is 1.92 bits per heavy atom. The molecule has 1 N–H and O–H groups in total. The van der Waals surface area contributed by atoms with E-state index < -0.39 is 0 Å². The van der Waals surface area contributed by atoms with Crippen molar-refractivity contribution >= 4 is 17.3 Å². The molecule has 1 saturated heterocycles. The number of hydrogen-bond donors (Lipinski definition) is 1. The molecule has 1 aliphatic heterocycles. The van der Waals surface area contributed by atoms with E-state index >= 15 is 0 Å². The Balaban J connectivity index is 1.73. The maximum Gasteiger partial charge on any atom is 0.259 e. The number of ether oxygens (including phenoxy) is 1. The summed E-state index contributed by atoms with van der Waals surface area (Å²) in [6, 6.07) is 14.3. The third kappa shape index (κ3) is 3.78. The summed E-state index contributed by atoms with van der Waals surface area (Å²) in [6.07, 6.45) is 3.80. The lowest BCUT2D eigenvalue weighted by atomic mass is 10.0. The van der Waals surface area contributed by atoms with Crippen LogP contribution in [0.1, 0.15) is 42.1 Å². The van der Waals surface area contributed by atoms with Crippen molar-refractivity contribution in [3.05, 3.63) is 53.6 Å². The Kier molecular flexibility index (Phi) is 5.27. The number of nitrogens with zero attached hydrogens (tertiary/aromatic N) is 1. The molecule has 0 saturated carbocycles. The molecular formula is C21H26N2O2. The molecule has 0 aliphatic carbocycles. The summed E-state index contributed by atoms with van der Waals surface area (Å²) in [7, 11) is 1.59. The van der Waals surface area contributed by atoms with Gasteiger partial charge in [-0.05, 0) is 69.0 Å². The minimum absolute atomic E-state index is 0.153. The maximum atomic E-state index is 12.6. The quantitative estimate of drug-likeness (QED) is 0.883. The largest absolute Gasteiger partial charge is 0.496 e. The van der Waals surface area contributed by atoms with Gasteiger partial charge in [0.1, 0.15) is 5.75 Å². The first kappa shape index (κ1) is 17.3. The summed E-state index contributed by atoms with van der Waals surface area (Å²) < 4.78 is 5.38. The van der Waals surface area contributed by atoms with Crippen LogP contribution in [-0.2, 0) is 0 Å². The highest BCUT2D eigenvalue weighted by Gasteiger charge is 2.19. The molecule has 1 heterocycles. The number of para-hydroxylation sites is 1. The number of nitrogens with one attached hydrogen (secondary N) is 1. The molecule has 0 bridgehead atoms. The molecule has 25 heavy (non-hydrogen) atoms. The number of piperidine rings is 1. The summed E-state index contributed by atoms with van der Waals surface area (Å²) in [6.45, 7) is 5.32. The Labute approximate surface area is 149 Å². The van der Waals surface area contributed by atoms with E-state index in [-0.39, 0.29) is 5.91 Å². The number of benzene rings is 2. The lowest BCUT2D eigenvalue weighted by Gasteiger charge is -2.35. The van der Waals surface area contributed by atoms with Crippen LogP contribution in [0, 0.1) is 6.92 Å². The lowest BCUT2D eigenvalue weighted by molar-refractivity contribution is 0.102. The fourth-order valence-electron chi connectivity index (χ4n) is 3.52. The van der Waals surface area contributed by atoms with Crippen LogP contribution in [0.5, 0.6) is 5.75 Å². The van der Waals surface area contributed by atoms with Gasteiger partial charge < -0.3 is 15.0 Å². The molecule has 0 unspecified atom stereocenters. The van der Waals surface area contributed by atoms with Crippen molar-refractivity contribution in [2.45, 2.75) is 39.2 Å². The summed E-state index contributed by atoms with van der Waals surface area (Å²) >= 11 is 0. The minimum Gasteiger partial charge on any atom is -0.496 e. The fraction of sp³-hybridized carbons (Fsp3) is 0.381. The zero-order chi connectivity index (χ0) is 17.8. The van der Waals surface area contributed by atoms with Crippen LogP contribution in [0.25, 0.3) is 0 Å². The minimum atomic E-state index is -0.153. The fourth-order valence-corrected chi connectivity index (χ4v) is 3.52. The molecule has 1 fully saturated rings. The first-order valence-electron chi connectivity index (χ1n) is 8.92. The van der Waals surface area contributed by atoms with Gasteiger partial charge in [-0.3, -0.25) is 4.79 Å². The Morgan fingerprint density at radius 1 is 1.16 bits per heavy atom. The molecule has 1 amide bonds. The van der Waals surface area contributed by atoms with Gasteiger partial charge in [0, 0.05) is 24.0 Å². The molecule has 0 spiro atoms. The van der Waals surface area contributed by atoms with Gasteiger partial charge in [-0.1, -0.05) is 12.1 Å². The van der Waals surface area contributed by atoms with Crippen molar-refractivity contribution < 1.29 is 9.53 Å². The molecule has 132 valence electrons. The van der Waals surface area contributed by atoms with Gasteiger partial charge in [-0.2, -0.15) is 0 Å². The summed E-state index contributed by atoms with van der Waals surface area (Å²) in [4.78, 5) is 15.0. The molecule has 3 rings (SSSR count). The van der Waals surface area contributed by atoms with Crippen LogP contribution in [-0.4, -0.2) is 25.6 Å². The van der Waals surface area contributed by atoms with Gasteiger partial charge >= 0.3 is 0 Å². The molecule has 2 aromatic rings. The molecule has 0 aromatic heterocycles. The molecule has 2 aromatic carbocycles. The molecule has 4 nitrogen and oxygen atoms in total. The van der Waals surface area contributed by atoms with Gasteiger partial charge in [0.15, 0.2) is 0 Å². The van der Waals surface area contributed by atoms with Crippen molar-refractivity contribution in [2.24, 2.45) is 0 Å². The second kappa shape index (κ2) is 7.60. The monoisotopic (exact) mass is 338 g/mol. The van der Waals surface area contributed by atoms with E-state index in [4.69, 9.17) is 4.74 Å². The summed E-state index contributed by atoms with van der Waals surface area (Å²) in [5, 5.41) is 2.96. The molecule has 0 radical (unpaired) electrons. The number of aryl methyl sites for hydroxylation is 1. The van der Waals surface area contributed by atoms with Crippen molar-refractivity contribution in [3.63, 3.8) is 0 Å². The smallest absolute Gasteiger partial charge is 0.259 e. The van der Waals surface area contributed by atoms with E-state index in [0.717, 1.165) is 17.8 Å². The van der Waals surface area contributed by atoms with Crippen LogP contribution in [0.15, 0.2) is 42.5 Å². The molecule has 4 heteroatoms. The van der Waals surface area contributed by atoms with E-state index in [2.05, 4.69) is 29.3 Å². The van der Waals surface area contributed by atoms with Crippen molar-refractivity contribution in [2.75, 3.05) is 23.9 Å². The molecular weight excluding hydrogens is 312 g/mol. The second-order valence-electron chi connectivity index (χ2n) is 6.69. The maximum absolute atomic E-state index is 12.6. The Bertz CT molecular complexity index is 740. The van der Waals surface area contributed by atoms with E-state index in [1.165, 1.54) is 24.9 Å². The normalized spacial score (nSPS) is 17.2. The Morgan fingerprint density at radius 3 is 2.60 bits per heavy atom. The lowest BCUT2D eigenvalue weighted by Crippen LogP contribution is -2.37. The number of rotatable bonds is 4. The van der Waals surface area contributed by atoms with Crippen LogP contribution >= 0.6 is 0 Å². The SMILES string of the molecule is COc1c(C)cccc1C(=O)Nc1ccc(N2CCCC[C@@H]2C)cc1. The first-order valence-corrected chi connectivity index (χ1v) is 8.92. The van der Waals surface area contributed by atoms with Crippen LogP contribution in [0.4, 0.5) is 11.4 Å². The highest BCUT2D eigenvalue weighted by Crippen LogP contribution is 2.27. The van der Waals surface area contributed by atoms with Crippen molar-refractivity contribution in [1.82, 2.24) is 0 Å². The van der Waals surface area contributed by atoms with Crippen LogP contribution in [0.3, 0.4) is 0 Å².